The SMILES string of the molecule is CCn1cc(C(=O)N[C@H]2CCSc3ccc(Cl)cc32)c(C(C)C)n1. The Labute approximate surface area is 152 Å². The van der Waals surface area contributed by atoms with Crippen LogP contribution in [0.15, 0.2) is 29.3 Å². The molecule has 24 heavy (non-hydrogen) atoms. The van der Waals surface area contributed by atoms with Crippen molar-refractivity contribution in [3.05, 3.63) is 46.2 Å². The first-order chi connectivity index (χ1) is 11.5. The molecule has 0 spiro atoms. The van der Waals surface area contributed by atoms with E-state index in [1.165, 1.54) is 4.90 Å². The molecular formula is C18H22ClN3OS. The third-order valence-electron chi connectivity index (χ3n) is 4.22. The number of carbonyl (C=O) groups is 1. The Balaban J connectivity index is 1.86. The quantitative estimate of drug-likeness (QED) is 0.860. The van der Waals surface area contributed by atoms with Crippen molar-refractivity contribution >= 4 is 29.3 Å². The van der Waals surface area contributed by atoms with Crippen LogP contribution in [0.25, 0.3) is 0 Å². The van der Waals surface area contributed by atoms with Crippen LogP contribution in [-0.2, 0) is 6.54 Å². The molecule has 0 saturated carbocycles. The fraction of sp³-hybridized carbons (Fsp3) is 0.444. The first-order valence-corrected chi connectivity index (χ1v) is 9.66. The number of hydrogen-bond acceptors (Lipinski definition) is 3. The Bertz CT molecular complexity index is 757. The van der Waals surface area contributed by atoms with Gasteiger partial charge in [0.15, 0.2) is 0 Å². The molecule has 2 heterocycles. The number of nitrogens with one attached hydrogen (secondary N) is 1. The lowest BCUT2D eigenvalue weighted by atomic mass is 10.0. The fourth-order valence-electron chi connectivity index (χ4n) is 2.95. The van der Waals surface area contributed by atoms with Crippen molar-refractivity contribution in [1.82, 2.24) is 15.1 Å². The predicted molar refractivity (Wildman–Crippen MR) is 99.0 cm³/mol. The van der Waals surface area contributed by atoms with E-state index in [0.717, 1.165) is 30.0 Å². The average molecular weight is 364 g/mol. The van der Waals surface area contributed by atoms with Crippen molar-refractivity contribution in [3.8, 4) is 0 Å². The molecule has 3 rings (SSSR count). The number of aryl methyl sites for hydroxylation is 1. The second kappa shape index (κ2) is 7.19. The molecule has 0 fully saturated rings. The predicted octanol–water partition coefficient (Wildman–Crippen LogP) is 4.65. The van der Waals surface area contributed by atoms with Crippen molar-refractivity contribution in [2.24, 2.45) is 0 Å². The molecule has 1 aliphatic heterocycles. The number of hydrogen-bond donors (Lipinski definition) is 1. The highest BCUT2D eigenvalue weighted by Crippen LogP contribution is 2.37. The second-order valence-electron chi connectivity index (χ2n) is 6.28. The minimum absolute atomic E-state index is 0.00237. The molecule has 1 atom stereocenters. The number of amides is 1. The summed E-state index contributed by atoms with van der Waals surface area (Å²) in [5, 5.41) is 8.42. The number of aromatic nitrogens is 2. The molecule has 0 saturated heterocycles. The number of carbonyl (C=O) groups excluding carboxylic acids is 1. The third-order valence-corrected chi connectivity index (χ3v) is 5.58. The van der Waals surface area contributed by atoms with E-state index >= 15 is 0 Å². The highest BCUT2D eigenvalue weighted by Gasteiger charge is 2.25. The molecular weight excluding hydrogens is 342 g/mol. The summed E-state index contributed by atoms with van der Waals surface area (Å²) in [7, 11) is 0. The zero-order chi connectivity index (χ0) is 17.3. The Morgan fingerprint density at radius 2 is 2.29 bits per heavy atom. The summed E-state index contributed by atoms with van der Waals surface area (Å²) < 4.78 is 1.83. The first kappa shape index (κ1) is 17.4. The van der Waals surface area contributed by atoms with Gasteiger partial charge in [0.05, 0.1) is 17.3 Å². The monoisotopic (exact) mass is 363 g/mol. The first-order valence-electron chi connectivity index (χ1n) is 8.30. The van der Waals surface area contributed by atoms with Crippen LogP contribution >= 0.6 is 23.4 Å². The summed E-state index contributed by atoms with van der Waals surface area (Å²) in [5.74, 6) is 1.15. The van der Waals surface area contributed by atoms with Crippen molar-refractivity contribution in [3.63, 3.8) is 0 Å². The molecule has 0 radical (unpaired) electrons. The summed E-state index contributed by atoms with van der Waals surface area (Å²) in [6.45, 7) is 6.90. The van der Waals surface area contributed by atoms with Gasteiger partial charge in [-0.2, -0.15) is 5.10 Å². The van der Waals surface area contributed by atoms with Crippen LogP contribution in [0.2, 0.25) is 5.02 Å². The van der Waals surface area contributed by atoms with E-state index in [1.54, 1.807) is 0 Å². The van der Waals surface area contributed by atoms with Gasteiger partial charge in [0.1, 0.15) is 0 Å². The maximum absolute atomic E-state index is 12.9. The van der Waals surface area contributed by atoms with Gasteiger partial charge in [-0.25, -0.2) is 0 Å². The van der Waals surface area contributed by atoms with E-state index in [1.807, 2.05) is 47.8 Å². The molecule has 128 valence electrons. The average Bonchev–Trinajstić information content (AvgIpc) is 3.00. The molecule has 0 unspecified atom stereocenters. The van der Waals surface area contributed by atoms with Crippen molar-refractivity contribution in [2.45, 2.75) is 50.6 Å². The van der Waals surface area contributed by atoms with Crippen LogP contribution in [0.1, 0.15) is 60.8 Å². The van der Waals surface area contributed by atoms with E-state index < -0.39 is 0 Å². The number of thioether (sulfide) groups is 1. The van der Waals surface area contributed by atoms with E-state index in [0.29, 0.717) is 10.6 Å². The summed E-state index contributed by atoms with van der Waals surface area (Å²) in [4.78, 5) is 14.1. The Morgan fingerprint density at radius 3 is 3.00 bits per heavy atom. The molecule has 1 amide bonds. The summed E-state index contributed by atoms with van der Waals surface area (Å²) in [6, 6.07) is 5.90. The Hall–Kier alpha value is -1.46. The van der Waals surface area contributed by atoms with Crippen molar-refractivity contribution in [2.75, 3.05) is 5.75 Å². The summed E-state index contributed by atoms with van der Waals surface area (Å²) >= 11 is 7.96. The van der Waals surface area contributed by atoms with Crippen LogP contribution in [-0.4, -0.2) is 21.4 Å². The number of halogens is 1. The lowest BCUT2D eigenvalue weighted by molar-refractivity contribution is 0.0933. The van der Waals surface area contributed by atoms with E-state index in [2.05, 4.69) is 24.3 Å². The molecule has 0 aliphatic carbocycles. The number of nitrogens with zero attached hydrogens (tertiary/aromatic N) is 2. The van der Waals surface area contributed by atoms with Crippen LogP contribution in [0, 0.1) is 0 Å². The topological polar surface area (TPSA) is 46.9 Å². The van der Waals surface area contributed by atoms with Crippen molar-refractivity contribution in [1.29, 1.82) is 0 Å². The van der Waals surface area contributed by atoms with Gasteiger partial charge >= 0.3 is 0 Å². The maximum atomic E-state index is 12.9. The van der Waals surface area contributed by atoms with Crippen LogP contribution in [0.3, 0.4) is 0 Å². The minimum atomic E-state index is -0.0544. The highest BCUT2D eigenvalue weighted by atomic mass is 35.5. The molecule has 2 aromatic rings. The van der Waals surface area contributed by atoms with E-state index in [9.17, 15) is 4.79 Å². The van der Waals surface area contributed by atoms with E-state index in [-0.39, 0.29) is 17.9 Å². The molecule has 1 aromatic heterocycles. The number of rotatable bonds is 4. The zero-order valence-electron chi connectivity index (χ0n) is 14.2. The molecule has 6 heteroatoms. The Kier molecular flexibility index (Phi) is 5.21. The zero-order valence-corrected chi connectivity index (χ0v) is 15.7. The molecule has 0 bridgehead atoms. The second-order valence-corrected chi connectivity index (χ2v) is 7.86. The van der Waals surface area contributed by atoms with Gasteiger partial charge in [-0.3, -0.25) is 9.48 Å². The number of fused-ring (bicyclic) bond motifs is 1. The largest absolute Gasteiger partial charge is 0.345 e. The third kappa shape index (κ3) is 3.47. The lowest BCUT2D eigenvalue weighted by Gasteiger charge is -2.26. The molecule has 1 N–H and O–H groups in total. The van der Waals surface area contributed by atoms with Gasteiger partial charge in [0.25, 0.3) is 5.91 Å². The van der Waals surface area contributed by atoms with Crippen LogP contribution in [0.4, 0.5) is 0 Å². The standard InChI is InChI=1S/C18H22ClN3OS/c1-4-22-10-14(17(21-22)11(2)3)18(23)20-15-7-8-24-16-6-5-12(19)9-13(15)16/h5-6,9-11,15H,4,7-8H2,1-3H3,(H,20,23)/t15-/m0/s1. The van der Waals surface area contributed by atoms with Crippen molar-refractivity contribution < 1.29 is 4.79 Å². The molecule has 1 aliphatic rings. The van der Waals surface area contributed by atoms with Gasteiger partial charge in [-0.15, -0.1) is 11.8 Å². The molecule has 4 nitrogen and oxygen atoms in total. The van der Waals surface area contributed by atoms with E-state index in [4.69, 9.17) is 11.6 Å². The van der Waals surface area contributed by atoms with Gasteiger partial charge in [-0.1, -0.05) is 25.4 Å². The van der Waals surface area contributed by atoms with Gasteiger partial charge in [-0.05, 0) is 43.0 Å². The summed E-state index contributed by atoms with van der Waals surface area (Å²) in [6.07, 6.45) is 2.75. The van der Waals surface area contributed by atoms with Gasteiger partial charge in [0.2, 0.25) is 0 Å². The normalized spacial score (nSPS) is 17.0. The summed E-state index contributed by atoms with van der Waals surface area (Å²) in [5.41, 5.74) is 2.64. The Morgan fingerprint density at radius 1 is 1.50 bits per heavy atom. The van der Waals surface area contributed by atoms with Crippen LogP contribution in [0.5, 0.6) is 0 Å². The highest BCUT2D eigenvalue weighted by molar-refractivity contribution is 7.99. The molecule has 1 aromatic carbocycles. The fourth-order valence-corrected chi connectivity index (χ4v) is 4.24. The lowest BCUT2D eigenvalue weighted by Crippen LogP contribution is -2.31. The van der Waals surface area contributed by atoms with Gasteiger partial charge in [0, 0.05) is 28.4 Å². The smallest absolute Gasteiger partial charge is 0.255 e. The maximum Gasteiger partial charge on any atom is 0.255 e. The van der Waals surface area contributed by atoms with Gasteiger partial charge < -0.3 is 5.32 Å². The number of benzene rings is 1. The van der Waals surface area contributed by atoms with Crippen LogP contribution < -0.4 is 5.32 Å². The minimum Gasteiger partial charge on any atom is -0.345 e.